The number of piperidine rings is 1. The van der Waals surface area contributed by atoms with Gasteiger partial charge in [-0.1, -0.05) is 0 Å². The van der Waals surface area contributed by atoms with E-state index in [1.54, 1.807) is 26.0 Å². The fraction of sp³-hybridized carbons (Fsp3) is 0.474. The molecule has 9 nitrogen and oxygen atoms in total. The molecule has 166 valence electrons. The fourth-order valence-electron chi connectivity index (χ4n) is 3.43. The topological polar surface area (TPSA) is 101 Å². The molecule has 0 aromatic carbocycles. The van der Waals surface area contributed by atoms with E-state index in [4.69, 9.17) is 0 Å². The Morgan fingerprint density at radius 3 is 2.77 bits per heavy atom. The van der Waals surface area contributed by atoms with Gasteiger partial charge in [0.15, 0.2) is 17.0 Å². The van der Waals surface area contributed by atoms with Gasteiger partial charge >= 0.3 is 6.18 Å². The number of nitrogens with zero attached hydrogens (tertiary/aromatic N) is 5. The highest BCUT2D eigenvalue weighted by Crippen LogP contribution is 2.34. The van der Waals surface area contributed by atoms with Crippen LogP contribution in [0, 0.1) is 0 Å². The summed E-state index contributed by atoms with van der Waals surface area (Å²) in [6.07, 6.45) is -0.214. The Balaban J connectivity index is 1.60. The fourth-order valence-corrected chi connectivity index (χ4v) is 3.43. The van der Waals surface area contributed by atoms with Gasteiger partial charge < -0.3 is 16.0 Å². The lowest BCUT2D eigenvalue weighted by atomic mass is 10.1. The molecule has 3 aromatic rings. The molecule has 0 spiro atoms. The first-order chi connectivity index (χ1) is 14.7. The zero-order valence-corrected chi connectivity index (χ0v) is 17.1. The molecule has 31 heavy (non-hydrogen) atoms. The first kappa shape index (κ1) is 21.1. The van der Waals surface area contributed by atoms with Crippen molar-refractivity contribution in [2.24, 2.45) is 0 Å². The predicted octanol–water partition coefficient (Wildman–Crippen LogP) is 2.94. The van der Waals surface area contributed by atoms with E-state index in [0.29, 0.717) is 11.5 Å². The summed E-state index contributed by atoms with van der Waals surface area (Å²) in [5.41, 5.74) is -1.13. The number of amides is 1. The minimum absolute atomic E-state index is 0.0193. The molecule has 1 aliphatic rings. The van der Waals surface area contributed by atoms with Gasteiger partial charge in [0.2, 0.25) is 0 Å². The average molecular weight is 436 g/mol. The highest BCUT2D eigenvalue weighted by molar-refractivity contribution is 6.03. The van der Waals surface area contributed by atoms with Crippen molar-refractivity contribution >= 4 is 23.1 Å². The number of carbonyl (C=O) groups is 1. The van der Waals surface area contributed by atoms with Crippen LogP contribution in [0.5, 0.6) is 0 Å². The van der Waals surface area contributed by atoms with E-state index >= 15 is 0 Å². The molecular formula is C19H23F3N8O. The van der Waals surface area contributed by atoms with Gasteiger partial charge in [-0.2, -0.15) is 18.3 Å². The summed E-state index contributed by atoms with van der Waals surface area (Å²) in [4.78, 5) is 16.9. The number of anilines is 2. The van der Waals surface area contributed by atoms with Gasteiger partial charge in [-0.15, -0.1) is 5.10 Å². The van der Waals surface area contributed by atoms with Crippen molar-refractivity contribution in [1.29, 1.82) is 0 Å². The second-order valence-electron chi connectivity index (χ2n) is 7.74. The number of alkyl halides is 3. The van der Waals surface area contributed by atoms with Crippen molar-refractivity contribution in [3.63, 3.8) is 0 Å². The number of nitrogens with one attached hydrogen (secondary N) is 3. The van der Waals surface area contributed by atoms with Crippen LogP contribution in [0.25, 0.3) is 5.65 Å². The van der Waals surface area contributed by atoms with E-state index in [0.717, 1.165) is 30.6 Å². The Kier molecular flexibility index (Phi) is 5.56. The van der Waals surface area contributed by atoms with Crippen LogP contribution < -0.4 is 16.0 Å². The van der Waals surface area contributed by atoms with Gasteiger partial charge in [-0.3, -0.25) is 9.48 Å². The van der Waals surface area contributed by atoms with Crippen LogP contribution in [0.4, 0.5) is 24.7 Å². The van der Waals surface area contributed by atoms with Gasteiger partial charge in [0.25, 0.3) is 5.91 Å². The molecule has 0 bridgehead atoms. The number of aromatic nitrogens is 5. The molecule has 0 aliphatic carbocycles. The summed E-state index contributed by atoms with van der Waals surface area (Å²) in [5.74, 6) is -0.206. The maximum absolute atomic E-state index is 13.4. The van der Waals surface area contributed by atoms with Crippen molar-refractivity contribution in [2.75, 3.05) is 23.7 Å². The zero-order chi connectivity index (χ0) is 22.2. The molecule has 0 unspecified atom stereocenters. The van der Waals surface area contributed by atoms with E-state index in [1.165, 1.54) is 16.9 Å². The third kappa shape index (κ3) is 4.48. The summed E-state index contributed by atoms with van der Waals surface area (Å²) >= 11 is 0. The SMILES string of the molecule is CC(C)n1cc(NC(=O)c2cnc3ccc(N[C@@H]4CCCNC4)nn23)c(C(F)(F)F)n1. The standard InChI is InChI=1S/C19H23F3N8O/c1-11(2)29-10-13(17(28-29)19(20,21)22)26-18(31)14-9-24-16-6-5-15(27-30(14)16)25-12-4-3-7-23-8-12/h5-6,9-12,23H,3-4,7-8H2,1-2H3,(H,25,27)(H,26,31)/t12-/m1/s1. The zero-order valence-electron chi connectivity index (χ0n) is 17.1. The van der Waals surface area contributed by atoms with Crippen molar-refractivity contribution in [3.8, 4) is 0 Å². The van der Waals surface area contributed by atoms with Crippen molar-refractivity contribution in [3.05, 3.63) is 35.9 Å². The molecule has 12 heteroatoms. The second-order valence-corrected chi connectivity index (χ2v) is 7.74. The van der Waals surface area contributed by atoms with Gasteiger partial charge in [0, 0.05) is 24.8 Å². The summed E-state index contributed by atoms with van der Waals surface area (Å²) in [6, 6.07) is 3.36. The second kappa shape index (κ2) is 8.17. The Bertz CT molecular complexity index is 1080. The molecular weight excluding hydrogens is 413 g/mol. The summed E-state index contributed by atoms with van der Waals surface area (Å²) in [6.45, 7) is 5.17. The summed E-state index contributed by atoms with van der Waals surface area (Å²) in [5, 5.41) is 16.9. The number of carbonyl (C=O) groups excluding carboxylic acids is 1. The third-order valence-corrected chi connectivity index (χ3v) is 5.02. The minimum atomic E-state index is -4.70. The number of hydrogen-bond donors (Lipinski definition) is 3. The van der Waals surface area contributed by atoms with Crippen molar-refractivity contribution < 1.29 is 18.0 Å². The Hall–Kier alpha value is -3.15. The number of fused-ring (bicyclic) bond motifs is 1. The maximum atomic E-state index is 13.4. The molecule has 0 radical (unpaired) electrons. The Morgan fingerprint density at radius 2 is 2.10 bits per heavy atom. The van der Waals surface area contributed by atoms with E-state index < -0.39 is 23.5 Å². The number of rotatable bonds is 5. The molecule has 4 rings (SSSR count). The van der Waals surface area contributed by atoms with Gasteiger partial charge in [0.1, 0.15) is 5.82 Å². The molecule has 0 saturated carbocycles. The van der Waals surface area contributed by atoms with Crippen molar-refractivity contribution in [2.45, 2.75) is 44.9 Å². The molecule has 1 fully saturated rings. The largest absolute Gasteiger partial charge is 0.437 e. The Morgan fingerprint density at radius 1 is 1.29 bits per heavy atom. The van der Waals surface area contributed by atoms with E-state index in [9.17, 15) is 18.0 Å². The van der Waals surface area contributed by atoms with Gasteiger partial charge in [-0.05, 0) is 45.4 Å². The van der Waals surface area contributed by atoms with Crippen LogP contribution in [0.3, 0.4) is 0 Å². The van der Waals surface area contributed by atoms with Crippen LogP contribution in [0.15, 0.2) is 24.5 Å². The molecule has 1 saturated heterocycles. The minimum Gasteiger partial charge on any atom is -0.365 e. The third-order valence-electron chi connectivity index (χ3n) is 5.02. The summed E-state index contributed by atoms with van der Waals surface area (Å²) < 4.78 is 42.6. The normalized spacial score (nSPS) is 17.3. The average Bonchev–Trinajstić information content (AvgIpc) is 3.33. The lowest BCUT2D eigenvalue weighted by molar-refractivity contribution is -0.140. The molecule has 4 heterocycles. The molecule has 3 aromatic heterocycles. The summed E-state index contributed by atoms with van der Waals surface area (Å²) in [7, 11) is 0. The lowest BCUT2D eigenvalue weighted by Gasteiger charge is -2.24. The highest BCUT2D eigenvalue weighted by atomic mass is 19.4. The van der Waals surface area contributed by atoms with Gasteiger partial charge in [-0.25, -0.2) is 9.50 Å². The first-order valence-electron chi connectivity index (χ1n) is 10.0. The maximum Gasteiger partial charge on any atom is 0.437 e. The smallest absolute Gasteiger partial charge is 0.365 e. The van der Waals surface area contributed by atoms with Crippen LogP contribution in [-0.4, -0.2) is 49.4 Å². The van der Waals surface area contributed by atoms with E-state index in [2.05, 4.69) is 31.1 Å². The molecule has 1 amide bonds. The van der Waals surface area contributed by atoms with Crippen LogP contribution in [-0.2, 0) is 6.18 Å². The van der Waals surface area contributed by atoms with Crippen molar-refractivity contribution in [1.82, 2.24) is 29.7 Å². The molecule has 3 N–H and O–H groups in total. The Labute approximate surface area is 176 Å². The predicted molar refractivity (Wildman–Crippen MR) is 108 cm³/mol. The quantitative estimate of drug-likeness (QED) is 0.569. The highest BCUT2D eigenvalue weighted by Gasteiger charge is 2.38. The first-order valence-corrected chi connectivity index (χ1v) is 10.0. The number of halogens is 3. The van der Waals surface area contributed by atoms with E-state index in [-0.39, 0.29) is 17.8 Å². The lowest BCUT2D eigenvalue weighted by Crippen LogP contribution is -2.38. The van der Waals surface area contributed by atoms with Crippen LogP contribution in [0.1, 0.15) is 48.9 Å². The molecule has 1 aliphatic heterocycles. The van der Waals surface area contributed by atoms with Gasteiger partial charge in [0.05, 0.1) is 11.9 Å². The van der Waals surface area contributed by atoms with Crippen LogP contribution >= 0.6 is 0 Å². The van der Waals surface area contributed by atoms with Crippen LogP contribution in [0.2, 0.25) is 0 Å². The molecule has 1 atom stereocenters. The number of imidazole rings is 1. The monoisotopic (exact) mass is 436 g/mol. The van der Waals surface area contributed by atoms with E-state index in [1.807, 2.05) is 0 Å². The number of hydrogen-bond acceptors (Lipinski definition) is 6.